The number of nitrogens with zero attached hydrogens (tertiary/aromatic N) is 8. The third-order valence-electron chi connectivity index (χ3n) is 8.19. The summed E-state index contributed by atoms with van der Waals surface area (Å²) in [6.07, 6.45) is -8.04. The molecule has 12 atom stereocenters. The Morgan fingerprint density at radius 2 is 1.09 bits per heavy atom. The van der Waals surface area contributed by atoms with Crippen LogP contribution >= 0.6 is 66.0 Å². The number of phosphoric acid groups is 2. The number of hydrogen-bond acceptors (Lipinski definition) is 28. The highest BCUT2D eigenvalue weighted by atomic mass is 35.5. The summed E-state index contributed by atoms with van der Waals surface area (Å²) >= 11 is 7.68. The van der Waals surface area contributed by atoms with Gasteiger partial charge in [0.2, 0.25) is 0 Å². The molecule has 35 heteroatoms. The van der Waals surface area contributed by atoms with Gasteiger partial charge in [-0.1, -0.05) is 23.5 Å². The molecular formula is C23H29ClN10O18P4S2-4. The van der Waals surface area contributed by atoms with E-state index in [0.717, 1.165) is 45.3 Å². The standard InChI is InChI=1S/C23H33ClN10O18P4S2/c1-57-22-29-15(25)9-17(31-22)33(5-27-9)19-13(37)11(35)7(49-19)3-47-55(43,44)51-53(39,40)21(24)54(41,42)52-56(45,46)48-4-8-12(36)14(38)20(50-8)34-6-28-10-16(26)30-23(58-2)32-18(10)34/h5-8,11-14,19-21,35-38H,3-4H2,1-2H3,(H,39,40)(H,41,42)(H,43,44)(H,45,46)(H2,25,29,31)(H2,26,30,32)/p-4/t7-,8-,11-,12-,13-,14-,19-,20-/m1/s1. The average Bonchev–Trinajstić information content (AvgIpc) is 3.90. The van der Waals surface area contributed by atoms with Crippen molar-refractivity contribution in [3.63, 3.8) is 0 Å². The summed E-state index contributed by atoms with van der Waals surface area (Å²) < 4.78 is 80.3. The minimum Gasteiger partial charge on any atom is -0.777 e. The first kappa shape index (κ1) is 45.6. The molecule has 322 valence electrons. The van der Waals surface area contributed by atoms with Gasteiger partial charge in [0.25, 0.3) is 15.6 Å². The highest BCUT2D eigenvalue weighted by Gasteiger charge is 2.47. The van der Waals surface area contributed by atoms with Crippen molar-refractivity contribution in [2.75, 3.05) is 37.2 Å². The van der Waals surface area contributed by atoms with Crippen molar-refractivity contribution >= 4 is 99.9 Å². The molecule has 2 aliphatic rings. The topological polar surface area (TPSA) is 436 Å². The largest absolute Gasteiger partial charge is 0.777 e. The lowest BCUT2D eigenvalue weighted by Gasteiger charge is -2.40. The van der Waals surface area contributed by atoms with Crippen LogP contribution in [0.3, 0.4) is 0 Å². The molecule has 28 nitrogen and oxygen atoms in total. The fraction of sp³-hybridized carbons (Fsp3) is 0.565. The minimum absolute atomic E-state index is 0.0228. The maximum atomic E-state index is 12.6. The van der Waals surface area contributed by atoms with Crippen molar-refractivity contribution in [3.8, 4) is 0 Å². The zero-order chi connectivity index (χ0) is 42.7. The molecule has 0 amide bonds. The van der Waals surface area contributed by atoms with E-state index in [2.05, 4.69) is 47.6 Å². The highest BCUT2D eigenvalue weighted by Crippen LogP contribution is 2.71. The summed E-state index contributed by atoms with van der Waals surface area (Å²) in [7, 11) is -25.2. The Morgan fingerprint density at radius 1 is 0.724 bits per heavy atom. The van der Waals surface area contributed by atoms with E-state index in [9.17, 15) is 58.3 Å². The van der Waals surface area contributed by atoms with E-state index in [1.54, 1.807) is 12.5 Å². The summed E-state index contributed by atoms with van der Waals surface area (Å²) in [5, 5.41) is 42.7. The Bertz CT molecular complexity index is 2230. The number of aromatic nitrogens is 8. The van der Waals surface area contributed by atoms with E-state index in [4.69, 9.17) is 32.5 Å². The summed E-state index contributed by atoms with van der Waals surface area (Å²) in [6.45, 7) is -2.44. The van der Waals surface area contributed by atoms with Gasteiger partial charge in [0.1, 0.15) is 47.7 Å². The van der Waals surface area contributed by atoms with E-state index < -0.39 is 98.0 Å². The Hall–Kier alpha value is -1.95. The number of nitrogen functional groups attached to an aromatic ring is 2. The van der Waals surface area contributed by atoms with Crippen molar-refractivity contribution in [1.82, 2.24) is 39.0 Å². The van der Waals surface area contributed by atoms with Crippen LogP contribution in [0.4, 0.5) is 11.6 Å². The van der Waals surface area contributed by atoms with Gasteiger partial charge in [-0.05, 0) is 12.5 Å². The quantitative estimate of drug-likeness (QED) is 0.0285. The lowest BCUT2D eigenvalue weighted by atomic mass is 10.1. The second kappa shape index (κ2) is 17.1. The van der Waals surface area contributed by atoms with Crippen LogP contribution in [0.5, 0.6) is 0 Å². The molecular weight excluding hydrogens is 928 g/mol. The number of phosphoric ester groups is 2. The number of nitrogens with two attached hydrogens (primary N) is 2. The van der Waals surface area contributed by atoms with Gasteiger partial charge in [0, 0.05) is 0 Å². The van der Waals surface area contributed by atoms with Gasteiger partial charge in [0.15, 0.2) is 65.7 Å². The number of thioether (sulfide) groups is 2. The molecule has 2 aliphatic heterocycles. The van der Waals surface area contributed by atoms with Crippen LogP contribution in [0.25, 0.3) is 22.3 Å². The summed E-state index contributed by atoms with van der Waals surface area (Å²) in [5.41, 5.74) is 12.1. The summed E-state index contributed by atoms with van der Waals surface area (Å²) in [4.78, 5) is 71.3. The first-order valence-corrected chi connectivity index (χ1v) is 24.7. The molecule has 6 rings (SSSR count). The Kier molecular flexibility index (Phi) is 13.4. The number of aliphatic hydroxyl groups is 4. The molecule has 0 bridgehead atoms. The summed E-state index contributed by atoms with van der Waals surface area (Å²) in [5.74, 6) is -0.0457. The van der Waals surface area contributed by atoms with E-state index in [-0.39, 0.29) is 44.3 Å². The van der Waals surface area contributed by atoms with Crippen molar-refractivity contribution in [2.45, 2.75) is 64.3 Å². The van der Waals surface area contributed by atoms with E-state index in [1.165, 1.54) is 0 Å². The van der Waals surface area contributed by atoms with Crippen LogP contribution in [0.15, 0.2) is 23.0 Å². The number of anilines is 2. The first-order valence-electron chi connectivity index (χ1n) is 15.7. The SMILES string of the molecule is CSc1nc(N)c2ncn([C@@H]3O[C@H](COP(=O)([O-])OP(=O)([O-])C(Cl)P(=O)([O-])OP(=O)([O-])OC[C@H]4O[C@@H](n5cnc6c(N)nc(SC)nc65)[C@H](O)[C@@H]4O)[C@@H](O)[C@H]3O)c2n1. The van der Waals surface area contributed by atoms with Crippen LogP contribution in [0, 0.1) is 0 Å². The van der Waals surface area contributed by atoms with E-state index >= 15 is 0 Å². The third kappa shape index (κ3) is 9.28. The van der Waals surface area contributed by atoms with Crippen LogP contribution in [0.1, 0.15) is 12.5 Å². The molecule has 4 aromatic heterocycles. The van der Waals surface area contributed by atoms with Gasteiger partial charge < -0.3 is 79.1 Å². The third-order valence-corrected chi connectivity index (χ3v) is 17.8. The van der Waals surface area contributed by atoms with Gasteiger partial charge in [-0.3, -0.25) is 26.9 Å². The van der Waals surface area contributed by atoms with Gasteiger partial charge in [-0.2, -0.15) is 0 Å². The molecule has 0 aromatic carbocycles. The number of halogens is 1. The number of ether oxygens (including phenoxy) is 2. The van der Waals surface area contributed by atoms with Crippen LogP contribution in [-0.2, 0) is 45.4 Å². The van der Waals surface area contributed by atoms with Crippen molar-refractivity contribution in [1.29, 1.82) is 0 Å². The average molecular weight is 957 g/mol. The smallest absolute Gasteiger partial charge is 0.272 e. The molecule has 4 aromatic rings. The normalized spacial score (nSPS) is 29.9. The molecule has 58 heavy (non-hydrogen) atoms. The van der Waals surface area contributed by atoms with Crippen LogP contribution < -0.4 is 31.0 Å². The molecule has 4 unspecified atom stereocenters. The Morgan fingerprint density at radius 3 is 1.43 bits per heavy atom. The number of imidazole rings is 2. The number of fused-ring (bicyclic) bond motifs is 2. The van der Waals surface area contributed by atoms with Crippen molar-refractivity contribution < 1.29 is 85.4 Å². The molecule has 0 radical (unpaired) electrons. The van der Waals surface area contributed by atoms with Crippen molar-refractivity contribution in [2.24, 2.45) is 0 Å². The molecule has 0 spiro atoms. The molecule has 0 aliphatic carbocycles. The number of aliphatic hydroxyl groups excluding tert-OH is 4. The minimum atomic E-state index is -6.44. The molecule has 2 saturated heterocycles. The maximum Gasteiger partial charge on any atom is 0.272 e. The fourth-order valence-electron chi connectivity index (χ4n) is 5.49. The highest BCUT2D eigenvalue weighted by molar-refractivity contribution is 7.98. The number of alkyl halides is 1. The zero-order valence-corrected chi connectivity index (χ0v) is 35.0. The van der Waals surface area contributed by atoms with E-state index in [1.807, 2.05) is 0 Å². The van der Waals surface area contributed by atoms with Crippen LogP contribution in [0.2, 0.25) is 0 Å². The summed E-state index contributed by atoms with van der Waals surface area (Å²) in [6, 6.07) is 0. The van der Waals surface area contributed by atoms with Gasteiger partial charge in [-0.25, -0.2) is 29.9 Å². The Balaban J connectivity index is 1.05. The molecule has 2 fully saturated rings. The van der Waals surface area contributed by atoms with Gasteiger partial charge in [-0.15, -0.1) is 11.6 Å². The lowest BCUT2D eigenvalue weighted by Crippen LogP contribution is -2.34. The molecule has 6 heterocycles. The van der Waals surface area contributed by atoms with E-state index in [0.29, 0.717) is 0 Å². The van der Waals surface area contributed by atoms with Gasteiger partial charge >= 0.3 is 0 Å². The zero-order valence-electron chi connectivity index (χ0n) is 29.0. The maximum absolute atomic E-state index is 12.6. The Labute approximate surface area is 337 Å². The molecule has 8 N–H and O–H groups in total. The van der Waals surface area contributed by atoms with Gasteiger partial charge in [0.05, 0.1) is 25.9 Å². The number of hydrogen-bond donors (Lipinski definition) is 6. The second-order valence-corrected chi connectivity index (χ2v) is 21.8. The predicted octanol–water partition coefficient (Wildman–Crippen LogP) is -2.85. The first-order chi connectivity index (χ1) is 27.0. The van der Waals surface area contributed by atoms with Crippen molar-refractivity contribution in [3.05, 3.63) is 12.7 Å². The monoisotopic (exact) mass is 956 g/mol. The number of rotatable bonds is 16. The lowest BCUT2D eigenvalue weighted by molar-refractivity contribution is -0.236. The molecule has 0 saturated carbocycles. The second-order valence-electron chi connectivity index (χ2n) is 12.0. The predicted molar refractivity (Wildman–Crippen MR) is 189 cm³/mol. The fourth-order valence-corrected chi connectivity index (χ4v) is 12.9. The van der Waals surface area contributed by atoms with Crippen LogP contribution in [-0.4, -0.2) is 127 Å².